The first-order valence-corrected chi connectivity index (χ1v) is 14.2. The molecule has 0 aromatic heterocycles. The van der Waals surface area contributed by atoms with Crippen LogP contribution in [-0.4, -0.2) is 93.1 Å². The number of carbonyl (C=O) groups excluding carboxylic acids is 3. The van der Waals surface area contributed by atoms with Crippen LogP contribution in [0.2, 0.25) is 0 Å². The standard InChI is InChI=1S/C29H45N3O5/c1-7-12-20(6)31-17-11-14-29-23(26(35)32(24(29)27(31)36)21(18-33)19(4)5)22-25(34)30(15-8-2)16-10-13-28(22,9-3)37-29/h10-11,13-14,19-24,33H,7-9,12,15-18H2,1-6H3/t20?,21-,22-,23-,24?,28+,29-/m0/s1. The second-order valence-corrected chi connectivity index (χ2v) is 11.6. The normalized spacial score (nSPS) is 35.0. The summed E-state index contributed by atoms with van der Waals surface area (Å²) in [6, 6.07) is -1.49. The highest BCUT2D eigenvalue weighted by molar-refractivity contribution is 6.00. The molecule has 0 aromatic carbocycles. The van der Waals surface area contributed by atoms with Crippen LogP contribution in [0.5, 0.6) is 0 Å². The Morgan fingerprint density at radius 3 is 2.27 bits per heavy atom. The summed E-state index contributed by atoms with van der Waals surface area (Å²) in [5.41, 5.74) is -2.24. The van der Waals surface area contributed by atoms with Gasteiger partial charge in [0.25, 0.3) is 0 Å². The molecule has 37 heavy (non-hydrogen) atoms. The molecule has 0 bridgehead atoms. The molecule has 3 amide bonds. The number of ether oxygens (including phenoxy) is 1. The van der Waals surface area contributed by atoms with Gasteiger partial charge in [-0.15, -0.1) is 0 Å². The highest BCUT2D eigenvalue weighted by Gasteiger charge is 2.76. The van der Waals surface area contributed by atoms with Crippen LogP contribution in [0.1, 0.15) is 67.2 Å². The zero-order valence-electron chi connectivity index (χ0n) is 23.4. The van der Waals surface area contributed by atoms with Crippen molar-refractivity contribution in [2.75, 3.05) is 26.2 Å². The van der Waals surface area contributed by atoms with Gasteiger partial charge in [0.15, 0.2) is 0 Å². The summed E-state index contributed by atoms with van der Waals surface area (Å²) in [7, 11) is 0. The maximum absolute atomic E-state index is 14.5. The van der Waals surface area contributed by atoms with Gasteiger partial charge in [0, 0.05) is 25.7 Å². The molecule has 4 aliphatic heterocycles. The largest absolute Gasteiger partial charge is 0.394 e. The van der Waals surface area contributed by atoms with E-state index in [0.717, 1.165) is 19.3 Å². The maximum atomic E-state index is 14.5. The third kappa shape index (κ3) is 4.15. The van der Waals surface area contributed by atoms with E-state index < -0.39 is 35.1 Å². The van der Waals surface area contributed by atoms with E-state index in [1.54, 1.807) is 4.90 Å². The van der Waals surface area contributed by atoms with Crippen LogP contribution in [0, 0.1) is 17.8 Å². The Morgan fingerprint density at radius 2 is 1.68 bits per heavy atom. The number of hydrogen-bond acceptors (Lipinski definition) is 5. The fourth-order valence-corrected chi connectivity index (χ4v) is 7.19. The van der Waals surface area contributed by atoms with Crippen LogP contribution in [0.3, 0.4) is 0 Å². The lowest BCUT2D eigenvalue weighted by Gasteiger charge is -2.42. The molecule has 0 aliphatic carbocycles. The fourth-order valence-electron chi connectivity index (χ4n) is 7.19. The minimum atomic E-state index is -1.27. The first-order chi connectivity index (χ1) is 17.6. The van der Waals surface area contributed by atoms with Crippen molar-refractivity contribution in [2.24, 2.45) is 17.8 Å². The Labute approximate surface area is 221 Å². The average Bonchev–Trinajstić information content (AvgIpc) is 3.15. The molecule has 206 valence electrons. The van der Waals surface area contributed by atoms with Gasteiger partial charge in [-0.1, -0.05) is 65.3 Å². The second-order valence-electron chi connectivity index (χ2n) is 11.6. The van der Waals surface area contributed by atoms with E-state index in [9.17, 15) is 19.5 Å². The summed E-state index contributed by atoms with van der Waals surface area (Å²) in [6.07, 6.45) is 10.9. The van der Waals surface area contributed by atoms with Gasteiger partial charge in [-0.05, 0) is 32.1 Å². The van der Waals surface area contributed by atoms with Gasteiger partial charge in [0.1, 0.15) is 11.6 Å². The fraction of sp³-hybridized carbons (Fsp3) is 0.759. The molecule has 4 aliphatic rings. The highest BCUT2D eigenvalue weighted by Crippen LogP contribution is 2.59. The van der Waals surface area contributed by atoms with E-state index in [-0.39, 0.29) is 36.3 Å². The predicted octanol–water partition coefficient (Wildman–Crippen LogP) is 2.76. The molecular weight excluding hydrogens is 470 g/mol. The lowest BCUT2D eigenvalue weighted by Crippen LogP contribution is -2.60. The minimum absolute atomic E-state index is 0.00600. The number of nitrogens with zero attached hydrogens (tertiary/aromatic N) is 3. The summed E-state index contributed by atoms with van der Waals surface area (Å²) >= 11 is 0. The van der Waals surface area contributed by atoms with E-state index in [0.29, 0.717) is 26.1 Å². The molecule has 0 aromatic rings. The number of carbonyl (C=O) groups is 3. The molecular formula is C29H45N3O5. The number of rotatable bonds is 9. The summed E-state index contributed by atoms with van der Waals surface area (Å²) < 4.78 is 7.00. The molecule has 0 radical (unpaired) electrons. The summed E-state index contributed by atoms with van der Waals surface area (Å²) in [5, 5.41) is 10.4. The number of amides is 3. The van der Waals surface area contributed by atoms with Crippen LogP contribution in [0.25, 0.3) is 0 Å². The molecule has 1 spiro atoms. The quantitative estimate of drug-likeness (QED) is 0.477. The number of aliphatic hydroxyl groups is 1. The molecule has 2 saturated heterocycles. The Morgan fingerprint density at radius 1 is 0.973 bits per heavy atom. The van der Waals surface area contributed by atoms with Gasteiger partial charge in [0.2, 0.25) is 17.7 Å². The van der Waals surface area contributed by atoms with Crippen molar-refractivity contribution in [2.45, 2.75) is 96.6 Å². The predicted molar refractivity (Wildman–Crippen MR) is 141 cm³/mol. The average molecular weight is 516 g/mol. The number of aliphatic hydroxyl groups excluding tert-OH is 1. The van der Waals surface area contributed by atoms with E-state index >= 15 is 0 Å². The molecule has 1 N–H and O–H groups in total. The van der Waals surface area contributed by atoms with Crippen molar-refractivity contribution in [1.82, 2.24) is 14.7 Å². The molecule has 4 rings (SSSR count). The van der Waals surface area contributed by atoms with Crippen LogP contribution in [0.4, 0.5) is 0 Å². The topological polar surface area (TPSA) is 90.4 Å². The summed E-state index contributed by atoms with van der Waals surface area (Å²) in [4.78, 5) is 48.3. The SMILES string of the molecule is CCCC(C)N1CC=C[C@]23O[C@]4(CC)C=CCN(CCC)C(=O)[C@@H]4[C@H]2C(=O)N([C@@H](CO)C(C)C)C3C1=O. The minimum Gasteiger partial charge on any atom is -0.394 e. The van der Waals surface area contributed by atoms with Gasteiger partial charge in [-0.25, -0.2) is 0 Å². The third-order valence-corrected chi connectivity index (χ3v) is 9.04. The molecule has 0 saturated carbocycles. The van der Waals surface area contributed by atoms with Gasteiger partial charge >= 0.3 is 0 Å². The summed E-state index contributed by atoms with van der Waals surface area (Å²) in [5.74, 6) is -2.15. The van der Waals surface area contributed by atoms with E-state index in [2.05, 4.69) is 6.92 Å². The first kappa shape index (κ1) is 27.8. The summed E-state index contributed by atoms with van der Waals surface area (Å²) in [6.45, 7) is 13.3. The molecule has 8 heteroatoms. The first-order valence-electron chi connectivity index (χ1n) is 14.2. The molecule has 2 fully saturated rings. The van der Waals surface area contributed by atoms with Crippen molar-refractivity contribution in [3.63, 3.8) is 0 Å². The van der Waals surface area contributed by atoms with Gasteiger partial charge in [-0.3, -0.25) is 14.4 Å². The molecule has 4 heterocycles. The Hall–Kier alpha value is -2.19. The van der Waals surface area contributed by atoms with Gasteiger partial charge < -0.3 is 24.5 Å². The van der Waals surface area contributed by atoms with Gasteiger partial charge in [0.05, 0.1) is 30.1 Å². The number of hydrogen-bond donors (Lipinski definition) is 1. The zero-order chi connectivity index (χ0) is 27.1. The van der Waals surface area contributed by atoms with Crippen molar-refractivity contribution in [3.05, 3.63) is 24.3 Å². The molecule has 8 nitrogen and oxygen atoms in total. The maximum Gasteiger partial charge on any atom is 0.249 e. The highest BCUT2D eigenvalue weighted by atomic mass is 16.5. The van der Waals surface area contributed by atoms with E-state index in [4.69, 9.17) is 4.74 Å². The molecule has 2 unspecified atom stereocenters. The van der Waals surface area contributed by atoms with Crippen LogP contribution < -0.4 is 0 Å². The molecule has 7 atom stereocenters. The Kier molecular flexibility index (Phi) is 7.92. The lowest BCUT2D eigenvalue weighted by molar-refractivity contribution is -0.159. The zero-order valence-corrected chi connectivity index (χ0v) is 23.4. The van der Waals surface area contributed by atoms with E-state index in [1.165, 1.54) is 0 Å². The van der Waals surface area contributed by atoms with Crippen LogP contribution in [0.15, 0.2) is 24.3 Å². The monoisotopic (exact) mass is 515 g/mol. The Balaban J connectivity index is 1.91. The van der Waals surface area contributed by atoms with Gasteiger partial charge in [-0.2, -0.15) is 0 Å². The second kappa shape index (κ2) is 10.5. The van der Waals surface area contributed by atoms with Crippen molar-refractivity contribution in [1.29, 1.82) is 0 Å². The number of likely N-dealkylation sites (tertiary alicyclic amines) is 1. The number of fused-ring (bicyclic) bond motifs is 2. The third-order valence-electron chi connectivity index (χ3n) is 9.04. The van der Waals surface area contributed by atoms with Crippen molar-refractivity contribution in [3.8, 4) is 0 Å². The van der Waals surface area contributed by atoms with Crippen LogP contribution >= 0.6 is 0 Å². The smallest absolute Gasteiger partial charge is 0.249 e. The van der Waals surface area contributed by atoms with Crippen molar-refractivity contribution >= 4 is 17.7 Å². The lowest BCUT2D eigenvalue weighted by atomic mass is 9.73. The Bertz CT molecular complexity index is 963. The van der Waals surface area contributed by atoms with Crippen LogP contribution in [-0.2, 0) is 19.1 Å². The van der Waals surface area contributed by atoms with Crippen molar-refractivity contribution < 1.29 is 24.2 Å². The van der Waals surface area contributed by atoms with E-state index in [1.807, 2.05) is 68.7 Å².